The molecule has 7 nitrogen and oxygen atoms in total. The number of ether oxygens (including phenoxy) is 1. The van der Waals surface area contributed by atoms with Crippen molar-refractivity contribution in [1.29, 1.82) is 0 Å². The molecule has 0 bridgehead atoms. The second-order valence-corrected chi connectivity index (χ2v) is 13.1. The summed E-state index contributed by atoms with van der Waals surface area (Å²) in [6.07, 6.45) is 3.52. The highest BCUT2D eigenvalue weighted by atomic mass is 79.9. The molecule has 0 saturated carbocycles. The summed E-state index contributed by atoms with van der Waals surface area (Å²) in [5.41, 5.74) is 1.71. The van der Waals surface area contributed by atoms with E-state index in [0.717, 1.165) is 11.1 Å². The summed E-state index contributed by atoms with van der Waals surface area (Å²) >= 11 is 3.26. The zero-order chi connectivity index (χ0) is 26.0. The van der Waals surface area contributed by atoms with Gasteiger partial charge in [0.15, 0.2) is 14.6 Å². The second kappa shape index (κ2) is 10.4. The first-order chi connectivity index (χ1) is 17.0. The lowest BCUT2D eigenvalue weighted by Crippen LogP contribution is -2.56. The Morgan fingerprint density at radius 1 is 1.00 bits per heavy atom. The van der Waals surface area contributed by atoms with Crippen molar-refractivity contribution in [2.75, 3.05) is 13.1 Å². The van der Waals surface area contributed by atoms with E-state index in [1.54, 1.807) is 45.3 Å². The van der Waals surface area contributed by atoms with Crippen LogP contribution in [-0.2, 0) is 25.9 Å². The maximum absolute atomic E-state index is 14.0. The SMILES string of the molecule is CC(C)(C)OC(=O)C1(S(=O)(=O)c2ccc(-c3cnc(Br)cn3)cc2)CCN(Cc2ccccc2)CC1. The largest absolute Gasteiger partial charge is 0.459 e. The first-order valence-corrected chi connectivity index (χ1v) is 14.1. The van der Waals surface area contributed by atoms with Crippen molar-refractivity contribution in [3.8, 4) is 11.3 Å². The van der Waals surface area contributed by atoms with Crippen LogP contribution in [0.4, 0.5) is 0 Å². The van der Waals surface area contributed by atoms with Crippen molar-refractivity contribution in [2.45, 2.75) is 55.4 Å². The fraction of sp³-hybridized carbons (Fsp3) is 0.370. The van der Waals surface area contributed by atoms with Crippen molar-refractivity contribution in [1.82, 2.24) is 14.9 Å². The summed E-state index contributed by atoms with van der Waals surface area (Å²) < 4.78 is 32.7. The van der Waals surface area contributed by atoms with Gasteiger partial charge in [-0.25, -0.2) is 13.4 Å². The number of nitrogens with zero attached hydrogens (tertiary/aromatic N) is 3. The topological polar surface area (TPSA) is 89.5 Å². The number of hydrogen-bond acceptors (Lipinski definition) is 7. The van der Waals surface area contributed by atoms with Crippen LogP contribution in [-0.4, -0.2) is 52.7 Å². The van der Waals surface area contributed by atoms with E-state index in [-0.39, 0.29) is 17.7 Å². The molecule has 190 valence electrons. The first kappa shape index (κ1) is 26.4. The third-order valence-electron chi connectivity index (χ3n) is 6.28. The Kier molecular flexibility index (Phi) is 7.64. The van der Waals surface area contributed by atoms with Gasteiger partial charge in [-0.05, 0) is 67.2 Å². The van der Waals surface area contributed by atoms with Crippen LogP contribution in [0.5, 0.6) is 0 Å². The third-order valence-corrected chi connectivity index (χ3v) is 9.18. The lowest BCUT2D eigenvalue weighted by molar-refractivity contribution is -0.159. The van der Waals surface area contributed by atoms with Crippen LogP contribution < -0.4 is 0 Å². The van der Waals surface area contributed by atoms with E-state index in [0.29, 0.717) is 29.9 Å². The number of likely N-dealkylation sites (tertiary alicyclic amines) is 1. The molecule has 0 spiro atoms. The number of sulfone groups is 1. The summed E-state index contributed by atoms with van der Waals surface area (Å²) in [5, 5.41) is 0. The fourth-order valence-corrected chi connectivity index (χ4v) is 6.49. The highest BCUT2D eigenvalue weighted by molar-refractivity contribution is 9.10. The van der Waals surface area contributed by atoms with Crippen LogP contribution in [0.2, 0.25) is 0 Å². The average Bonchev–Trinajstić information content (AvgIpc) is 2.84. The van der Waals surface area contributed by atoms with E-state index in [1.807, 2.05) is 30.3 Å². The first-order valence-electron chi connectivity index (χ1n) is 11.8. The van der Waals surface area contributed by atoms with Gasteiger partial charge in [0, 0.05) is 25.2 Å². The molecule has 1 aliphatic heterocycles. The maximum atomic E-state index is 14.0. The van der Waals surface area contributed by atoms with Gasteiger partial charge in [-0.1, -0.05) is 42.5 Å². The molecule has 4 rings (SSSR count). The van der Waals surface area contributed by atoms with Crippen LogP contribution in [0, 0.1) is 0 Å². The Morgan fingerprint density at radius 2 is 1.64 bits per heavy atom. The van der Waals surface area contributed by atoms with E-state index < -0.39 is 26.2 Å². The summed E-state index contributed by atoms with van der Waals surface area (Å²) in [6.45, 7) is 6.91. The molecule has 36 heavy (non-hydrogen) atoms. The fourth-order valence-electron chi connectivity index (χ4n) is 4.36. The Bertz CT molecular complexity index is 1300. The molecular weight excluding hydrogens is 542 g/mol. The molecule has 1 aromatic heterocycles. The van der Waals surface area contributed by atoms with Crippen LogP contribution in [0.15, 0.2) is 76.5 Å². The van der Waals surface area contributed by atoms with Crippen LogP contribution in [0.1, 0.15) is 39.2 Å². The molecule has 0 unspecified atom stereocenters. The number of hydrogen-bond donors (Lipinski definition) is 0. The van der Waals surface area contributed by atoms with Gasteiger partial charge in [-0.15, -0.1) is 0 Å². The molecule has 1 fully saturated rings. The minimum atomic E-state index is -4.04. The lowest BCUT2D eigenvalue weighted by Gasteiger charge is -2.40. The summed E-state index contributed by atoms with van der Waals surface area (Å²) in [5.74, 6) is -0.683. The minimum absolute atomic E-state index is 0.0960. The average molecular weight is 573 g/mol. The molecule has 0 radical (unpaired) electrons. The Labute approximate surface area is 221 Å². The van der Waals surface area contributed by atoms with Crippen molar-refractivity contribution >= 4 is 31.7 Å². The Morgan fingerprint density at radius 3 is 2.19 bits per heavy atom. The second-order valence-electron chi connectivity index (χ2n) is 10.0. The molecular formula is C27H30BrN3O4S. The van der Waals surface area contributed by atoms with E-state index >= 15 is 0 Å². The molecule has 9 heteroatoms. The molecule has 1 saturated heterocycles. The zero-order valence-electron chi connectivity index (χ0n) is 20.6. The Balaban J connectivity index is 1.62. The van der Waals surface area contributed by atoms with Gasteiger partial charge in [-0.3, -0.25) is 14.7 Å². The molecule has 3 aromatic rings. The predicted octanol–water partition coefficient (Wildman–Crippen LogP) is 5.06. The lowest BCUT2D eigenvalue weighted by atomic mass is 9.95. The summed E-state index contributed by atoms with van der Waals surface area (Å²) in [4.78, 5) is 24.3. The number of halogens is 1. The molecule has 0 aliphatic carbocycles. The number of aromatic nitrogens is 2. The molecule has 1 aliphatic rings. The summed E-state index contributed by atoms with van der Waals surface area (Å²) in [7, 11) is -4.04. The van der Waals surface area contributed by atoms with Crippen molar-refractivity contribution in [3.05, 3.63) is 77.2 Å². The van der Waals surface area contributed by atoms with Crippen molar-refractivity contribution in [3.63, 3.8) is 0 Å². The minimum Gasteiger partial charge on any atom is -0.459 e. The molecule has 2 aromatic carbocycles. The smallest absolute Gasteiger partial charge is 0.328 e. The number of carbonyl (C=O) groups excluding carboxylic acids is 1. The summed E-state index contributed by atoms with van der Waals surface area (Å²) in [6, 6.07) is 16.5. The van der Waals surface area contributed by atoms with Gasteiger partial charge >= 0.3 is 5.97 Å². The highest BCUT2D eigenvalue weighted by Gasteiger charge is 2.54. The Hall–Kier alpha value is -2.62. The number of rotatable bonds is 6. The number of carbonyl (C=O) groups is 1. The molecule has 0 amide bonds. The van der Waals surface area contributed by atoms with E-state index in [9.17, 15) is 13.2 Å². The van der Waals surface area contributed by atoms with Gasteiger partial charge in [0.2, 0.25) is 0 Å². The van der Waals surface area contributed by atoms with Gasteiger partial charge < -0.3 is 4.74 Å². The van der Waals surface area contributed by atoms with Crippen LogP contribution >= 0.6 is 15.9 Å². The molecule has 2 heterocycles. The quantitative estimate of drug-likeness (QED) is 0.382. The van der Waals surface area contributed by atoms with Crippen molar-refractivity contribution in [2.24, 2.45) is 0 Å². The zero-order valence-corrected chi connectivity index (χ0v) is 23.0. The van der Waals surface area contributed by atoms with Crippen LogP contribution in [0.25, 0.3) is 11.3 Å². The normalized spacial score (nSPS) is 16.4. The molecule has 0 N–H and O–H groups in total. The van der Waals surface area contributed by atoms with E-state index in [4.69, 9.17) is 4.74 Å². The van der Waals surface area contributed by atoms with Gasteiger partial charge in [0.25, 0.3) is 0 Å². The van der Waals surface area contributed by atoms with Crippen molar-refractivity contribution < 1.29 is 17.9 Å². The highest BCUT2D eigenvalue weighted by Crippen LogP contribution is 2.38. The number of esters is 1. The predicted molar refractivity (Wildman–Crippen MR) is 142 cm³/mol. The molecule has 0 atom stereocenters. The monoisotopic (exact) mass is 571 g/mol. The third kappa shape index (κ3) is 5.68. The standard InChI is InChI=1S/C27H30BrN3O4S/c1-26(2,3)35-25(32)27(13-15-31(16-14-27)19-20-7-5-4-6-8-20)36(33,34)22-11-9-21(10-12-22)23-17-30-24(28)18-29-23/h4-12,17-18H,13-16,19H2,1-3H3. The van der Waals surface area contributed by atoms with Gasteiger partial charge in [0.05, 0.1) is 23.0 Å². The number of benzene rings is 2. The van der Waals surface area contributed by atoms with E-state index in [2.05, 4.69) is 30.8 Å². The van der Waals surface area contributed by atoms with E-state index in [1.165, 1.54) is 12.1 Å². The number of piperidine rings is 1. The van der Waals surface area contributed by atoms with Gasteiger partial charge in [-0.2, -0.15) is 0 Å². The maximum Gasteiger partial charge on any atom is 0.328 e. The van der Waals surface area contributed by atoms with Crippen LogP contribution in [0.3, 0.4) is 0 Å². The van der Waals surface area contributed by atoms with Gasteiger partial charge in [0.1, 0.15) is 10.2 Å².